The molecule has 0 atom stereocenters. The van der Waals surface area contributed by atoms with Gasteiger partial charge in [0.1, 0.15) is 24.3 Å². The normalized spacial score (nSPS) is 10.8. The third kappa shape index (κ3) is 4.25. The minimum absolute atomic E-state index is 0.0252. The monoisotopic (exact) mass is 384 g/mol. The number of carbonyl (C=O) groups excluding carboxylic acids is 2. The Labute approximate surface area is 160 Å². The summed E-state index contributed by atoms with van der Waals surface area (Å²) in [5, 5.41) is 4.40. The average Bonchev–Trinajstić information content (AvgIpc) is 3.06. The van der Waals surface area contributed by atoms with Gasteiger partial charge in [-0.3, -0.25) is 23.6 Å². The van der Waals surface area contributed by atoms with E-state index in [1.54, 1.807) is 31.3 Å². The van der Waals surface area contributed by atoms with Crippen molar-refractivity contribution in [2.75, 3.05) is 13.2 Å². The lowest BCUT2D eigenvalue weighted by molar-refractivity contribution is -0.144. The Morgan fingerprint density at radius 1 is 1.18 bits per heavy atom. The molecule has 0 radical (unpaired) electrons. The van der Waals surface area contributed by atoms with Gasteiger partial charge < -0.3 is 9.47 Å². The minimum atomic E-state index is -0.457. The van der Waals surface area contributed by atoms with Crippen LogP contribution in [0.25, 0.3) is 11.0 Å². The number of ketones is 1. The molecule has 0 amide bonds. The van der Waals surface area contributed by atoms with Crippen LogP contribution in [0.15, 0.2) is 41.6 Å². The van der Waals surface area contributed by atoms with Crippen molar-refractivity contribution in [1.82, 2.24) is 19.3 Å². The van der Waals surface area contributed by atoms with E-state index in [9.17, 15) is 14.4 Å². The second kappa shape index (κ2) is 8.47. The van der Waals surface area contributed by atoms with Gasteiger partial charge in [0, 0.05) is 13.6 Å². The third-order valence-corrected chi connectivity index (χ3v) is 4.15. The highest BCUT2D eigenvalue weighted by Crippen LogP contribution is 2.18. The molecule has 2 aromatic heterocycles. The molecule has 0 aliphatic heterocycles. The summed E-state index contributed by atoms with van der Waals surface area (Å²) < 4.78 is 13.5. The zero-order chi connectivity index (χ0) is 20.1. The van der Waals surface area contributed by atoms with Crippen molar-refractivity contribution in [3.63, 3.8) is 0 Å². The Kier molecular flexibility index (Phi) is 5.83. The molecule has 0 saturated heterocycles. The first-order valence-electron chi connectivity index (χ1n) is 8.73. The summed E-state index contributed by atoms with van der Waals surface area (Å²) in [5.74, 6) is -0.104. The molecule has 0 unspecified atom stereocenters. The standard InChI is InChI=1S/C19H20N4O5/c1-13(24)14-5-3-4-6-16(14)27-9-10-28-17(25)7-8-23-12-20-18-15(19(23)26)11-21-22(18)2/h3-6,11-12H,7-10H2,1-2H3. The Hall–Kier alpha value is -3.49. The van der Waals surface area contributed by atoms with Crippen LogP contribution in [0.2, 0.25) is 0 Å². The van der Waals surface area contributed by atoms with Crippen LogP contribution in [-0.2, 0) is 23.1 Å². The number of aromatic nitrogens is 4. The zero-order valence-electron chi connectivity index (χ0n) is 15.6. The van der Waals surface area contributed by atoms with E-state index in [2.05, 4.69) is 10.1 Å². The molecule has 0 aliphatic carbocycles. The van der Waals surface area contributed by atoms with Gasteiger partial charge in [0.25, 0.3) is 5.56 Å². The second-order valence-electron chi connectivity index (χ2n) is 6.12. The van der Waals surface area contributed by atoms with Crippen LogP contribution in [0, 0.1) is 0 Å². The van der Waals surface area contributed by atoms with Crippen molar-refractivity contribution in [1.29, 1.82) is 0 Å². The van der Waals surface area contributed by atoms with Gasteiger partial charge in [0.05, 0.1) is 24.5 Å². The first kappa shape index (κ1) is 19.3. The summed E-state index contributed by atoms with van der Waals surface area (Å²) in [5.41, 5.74) is 0.716. The van der Waals surface area contributed by atoms with E-state index in [4.69, 9.17) is 9.47 Å². The molecular formula is C19H20N4O5. The molecule has 3 aromatic rings. The third-order valence-electron chi connectivity index (χ3n) is 4.15. The fourth-order valence-corrected chi connectivity index (χ4v) is 2.70. The number of esters is 1. The smallest absolute Gasteiger partial charge is 0.307 e. The van der Waals surface area contributed by atoms with Crippen molar-refractivity contribution < 1.29 is 19.1 Å². The largest absolute Gasteiger partial charge is 0.489 e. The highest BCUT2D eigenvalue weighted by Gasteiger charge is 2.11. The van der Waals surface area contributed by atoms with Gasteiger partial charge in [-0.25, -0.2) is 4.98 Å². The summed E-state index contributed by atoms with van der Waals surface area (Å²) in [4.78, 5) is 39.9. The summed E-state index contributed by atoms with van der Waals surface area (Å²) in [6.45, 7) is 1.78. The SMILES string of the molecule is CC(=O)c1ccccc1OCCOC(=O)CCn1cnc2c(cnn2C)c1=O. The molecule has 146 valence electrons. The van der Waals surface area contributed by atoms with Gasteiger partial charge in [-0.15, -0.1) is 0 Å². The molecule has 0 bridgehead atoms. The van der Waals surface area contributed by atoms with E-state index >= 15 is 0 Å². The molecule has 9 nitrogen and oxygen atoms in total. The fraction of sp³-hybridized carbons (Fsp3) is 0.316. The number of benzene rings is 1. The number of ether oxygens (including phenoxy) is 2. The van der Waals surface area contributed by atoms with Crippen LogP contribution in [0.4, 0.5) is 0 Å². The minimum Gasteiger partial charge on any atom is -0.489 e. The first-order chi connectivity index (χ1) is 13.5. The summed E-state index contributed by atoms with van der Waals surface area (Å²) in [6, 6.07) is 6.88. The number of hydrogen-bond acceptors (Lipinski definition) is 7. The van der Waals surface area contributed by atoms with Crippen molar-refractivity contribution in [3.05, 3.63) is 52.7 Å². The molecule has 3 rings (SSSR count). The highest BCUT2D eigenvalue weighted by atomic mass is 16.6. The van der Waals surface area contributed by atoms with E-state index < -0.39 is 5.97 Å². The van der Waals surface area contributed by atoms with Gasteiger partial charge in [-0.2, -0.15) is 5.10 Å². The Bertz CT molecular complexity index is 1070. The lowest BCUT2D eigenvalue weighted by Gasteiger charge is -2.10. The molecule has 1 aromatic carbocycles. The molecule has 0 saturated carbocycles. The highest BCUT2D eigenvalue weighted by molar-refractivity contribution is 5.96. The molecular weight excluding hydrogens is 364 g/mol. The van der Waals surface area contributed by atoms with Crippen molar-refractivity contribution in [2.24, 2.45) is 7.05 Å². The summed E-state index contributed by atoms with van der Waals surface area (Å²) >= 11 is 0. The topological polar surface area (TPSA) is 105 Å². The van der Waals surface area contributed by atoms with Gasteiger partial charge in [-0.1, -0.05) is 12.1 Å². The fourth-order valence-electron chi connectivity index (χ4n) is 2.70. The van der Waals surface area contributed by atoms with Crippen molar-refractivity contribution >= 4 is 22.8 Å². The van der Waals surface area contributed by atoms with Crippen LogP contribution in [0.3, 0.4) is 0 Å². The predicted octanol–water partition coefficient (Wildman–Crippen LogP) is 1.34. The molecule has 0 spiro atoms. The molecule has 9 heteroatoms. The van der Waals surface area contributed by atoms with E-state index in [-0.39, 0.29) is 37.5 Å². The van der Waals surface area contributed by atoms with Crippen molar-refractivity contribution in [2.45, 2.75) is 19.9 Å². The van der Waals surface area contributed by atoms with Crippen LogP contribution >= 0.6 is 0 Å². The predicted molar refractivity (Wildman–Crippen MR) is 100 cm³/mol. The number of aryl methyl sites for hydroxylation is 2. The van der Waals surface area contributed by atoms with Crippen LogP contribution < -0.4 is 10.3 Å². The number of carbonyl (C=O) groups is 2. The van der Waals surface area contributed by atoms with Crippen molar-refractivity contribution in [3.8, 4) is 5.75 Å². The quantitative estimate of drug-likeness (QED) is 0.328. The maximum absolute atomic E-state index is 12.3. The maximum Gasteiger partial charge on any atom is 0.307 e. The molecule has 0 fully saturated rings. The number of fused-ring (bicyclic) bond motifs is 1. The molecule has 0 N–H and O–H groups in total. The lowest BCUT2D eigenvalue weighted by atomic mass is 10.1. The number of Topliss-reactive ketones (excluding diaryl/α,β-unsaturated/α-hetero) is 1. The summed E-state index contributed by atoms with van der Waals surface area (Å²) in [7, 11) is 1.70. The summed E-state index contributed by atoms with van der Waals surface area (Å²) in [6.07, 6.45) is 2.87. The number of para-hydroxylation sites is 1. The second-order valence-corrected chi connectivity index (χ2v) is 6.12. The van der Waals surface area contributed by atoms with E-state index in [0.717, 1.165) is 0 Å². The Balaban J connectivity index is 1.47. The average molecular weight is 384 g/mol. The number of rotatable bonds is 8. The van der Waals surface area contributed by atoms with Gasteiger partial charge in [0.2, 0.25) is 0 Å². The van der Waals surface area contributed by atoms with Gasteiger partial charge in [0.15, 0.2) is 11.4 Å². The lowest BCUT2D eigenvalue weighted by Crippen LogP contribution is -2.23. The molecule has 2 heterocycles. The Morgan fingerprint density at radius 3 is 2.75 bits per heavy atom. The van der Waals surface area contributed by atoms with E-state index in [1.165, 1.54) is 28.7 Å². The Morgan fingerprint density at radius 2 is 1.96 bits per heavy atom. The number of hydrogen-bond donors (Lipinski definition) is 0. The number of nitrogens with zero attached hydrogens (tertiary/aromatic N) is 4. The van der Waals surface area contributed by atoms with Gasteiger partial charge >= 0.3 is 5.97 Å². The molecule has 0 aliphatic rings. The zero-order valence-corrected chi connectivity index (χ0v) is 15.6. The van der Waals surface area contributed by atoms with Crippen LogP contribution in [0.5, 0.6) is 5.75 Å². The van der Waals surface area contributed by atoms with E-state index in [0.29, 0.717) is 22.3 Å². The maximum atomic E-state index is 12.3. The first-order valence-corrected chi connectivity index (χ1v) is 8.73. The van der Waals surface area contributed by atoms with Crippen LogP contribution in [0.1, 0.15) is 23.7 Å². The van der Waals surface area contributed by atoms with E-state index in [1.807, 2.05) is 0 Å². The molecule has 28 heavy (non-hydrogen) atoms. The van der Waals surface area contributed by atoms with Gasteiger partial charge in [-0.05, 0) is 19.1 Å². The van der Waals surface area contributed by atoms with Crippen LogP contribution in [-0.4, -0.2) is 44.3 Å².